The number of hydrogen-bond donors (Lipinski definition) is 1. The van der Waals surface area contributed by atoms with Crippen molar-refractivity contribution in [3.05, 3.63) is 40.6 Å². The molecular weight excluding hydrogens is 270 g/mol. The molecule has 0 aliphatic carbocycles. The van der Waals surface area contributed by atoms with E-state index in [0.29, 0.717) is 12.1 Å². The smallest absolute Gasteiger partial charge is 0.295 e. The van der Waals surface area contributed by atoms with Crippen LogP contribution >= 0.6 is 0 Å². The summed E-state index contributed by atoms with van der Waals surface area (Å²) in [6.07, 6.45) is 2.58. The van der Waals surface area contributed by atoms with Gasteiger partial charge in [0.2, 0.25) is 0 Å². The molecule has 1 fully saturated rings. The minimum atomic E-state index is -0.401. The average Bonchev–Trinajstić information content (AvgIpc) is 2.78. The summed E-state index contributed by atoms with van der Waals surface area (Å²) < 4.78 is 5.63. The van der Waals surface area contributed by atoms with Crippen LogP contribution in [0.2, 0.25) is 0 Å². The van der Waals surface area contributed by atoms with E-state index >= 15 is 0 Å². The third-order valence-electron chi connectivity index (χ3n) is 4.25. The van der Waals surface area contributed by atoms with E-state index in [2.05, 4.69) is 17.2 Å². The molecule has 1 aliphatic heterocycles. The Labute approximate surface area is 122 Å². The molecule has 2 aromatic rings. The van der Waals surface area contributed by atoms with Gasteiger partial charge in [0.1, 0.15) is 5.52 Å². The molecule has 6 heteroatoms. The predicted octanol–water partition coefficient (Wildman–Crippen LogP) is 3.12. The van der Waals surface area contributed by atoms with E-state index < -0.39 is 4.92 Å². The van der Waals surface area contributed by atoms with Crippen LogP contribution in [0.25, 0.3) is 10.9 Å². The van der Waals surface area contributed by atoms with E-state index in [-0.39, 0.29) is 17.3 Å². The number of nitro benzene ring substituents is 1. The first kappa shape index (κ1) is 13.8. The van der Waals surface area contributed by atoms with E-state index in [1.807, 2.05) is 19.1 Å². The Hall–Kier alpha value is -2.21. The molecule has 0 amide bonds. The lowest BCUT2D eigenvalue weighted by molar-refractivity contribution is -0.383. The lowest BCUT2D eigenvalue weighted by Crippen LogP contribution is -2.41. The SMILES string of the molecule is CC1OCCC1(C)Nc1ccnc2c([N+](=O)[O-])cccc12. The van der Waals surface area contributed by atoms with Crippen LogP contribution in [-0.4, -0.2) is 28.2 Å². The molecule has 1 aromatic carbocycles. The third kappa shape index (κ3) is 2.31. The van der Waals surface area contributed by atoms with Gasteiger partial charge >= 0.3 is 0 Å². The molecule has 0 saturated carbocycles. The topological polar surface area (TPSA) is 77.3 Å². The zero-order chi connectivity index (χ0) is 15.0. The number of para-hydroxylation sites is 1. The molecule has 6 nitrogen and oxygen atoms in total. The first-order chi connectivity index (χ1) is 10.0. The molecule has 2 heterocycles. The van der Waals surface area contributed by atoms with Gasteiger partial charge < -0.3 is 10.1 Å². The fourth-order valence-corrected chi connectivity index (χ4v) is 2.72. The molecule has 21 heavy (non-hydrogen) atoms. The van der Waals surface area contributed by atoms with E-state index in [1.165, 1.54) is 6.07 Å². The number of hydrogen-bond acceptors (Lipinski definition) is 5. The third-order valence-corrected chi connectivity index (χ3v) is 4.25. The van der Waals surface area contributed by atoms with Gasteiger partial charge in [0, 0.05) is 29.9 Å². The molecule has 2 atom stereocenters. The Morgan fingerprint density at radius 3 is 2.95 bits per heavy atom. The maximum atomic E-state index is 11.1. The van der Waals surface area contributed by atoms with Gasteiger partial charge in [-0.25, -0.2) is 4.98 Å². The molecule has 1 saturated heterocycles. The number of nitrogens with one attached hydrogen (secondary N) is 1. The molecule has 110 valence electrons. The second-order valence-corrected chi connectivity index (χ2v) is 5.59. The lowest BCUT2D eigenvalue weighted by atomic mass is 9.94. The summed E-state index contributed by atoms with van der Waals surface area (Å²) in [6.45, 7) is 4.86. The highest BCUT2D eigenvalue weighted by Crippen LogP contribution is 2.34. The number of benzene rings is 1. The number of rotatable bonds is 3. The van der Waals surface area contributed by atoms with Gasteiger partial charge in [0.25, 0.3) is 5.69 Å². The molecule has 2 unspecified atom stereocenters. The second kappa shape index (κ2) is 4.96. The zero-order valence-electron chi connectivity index (χ0n) is 12.0. The lowest BCUT2D eigenvalue weighted by Gasteiger charge is -2.30. The number of anilines is 1. The van der Waals surface area contributed by atoms with Crippen molar-refractivity contribution < 1.29 is 9.66 Å². The van der Waals surface area contributed by atoms with Crippen molar-refractivity contribution in [1.82, 2.24) is 4.98 Å². The summed E-state index contributed by atoms with van der Waals surface area (Å²) in [4.78, 5) is 14.9. The molecule has 0 bridgehead atoms. The van der Waals surface area contributed by atoms with Crippen molar-refractivity contribution in [3.8, 4) is 0 Å². The Morgan fingerprint density at radius 1 is 1.48 bits per heavy atom. The van der Waals surface area contributed by atoms with Crippen molar-refractivity contribution in [2.75, 3.05) is 11.9 Å². The molecule has 0 spiro atoms. The number of nitro groups is 1. The van der Waals surface area contributed by atoms with Crippen LogP contribution in [0.3, 0.4) is 0 Å². The number of ether oxygens (including phenoxy) is 1. The Kier molecular flexibility index (Phi) is 3.25. The summed E-state index contributed by atoms with van der Waals surface area (Å²) in [5.74, 6) is 0. The predicted molar refractivity (Wildman–Crippen MR) is 80.5 cm³/mol. The minimum absolute atomic E-state index is 0.0250. The Morgan fingerprint density at radius 2 is 2.29 bits per heavy atom. The highest BCUT2D eigenvalue weighted by molar-refractivity contribution is 5.96. The largest absolute Gasteiger partial charge is 0.377 e. The van der Waals surface area contributed by atoms with Gasteiger partial charge in [-0.05, 0) is 26.3 Å². The van der Waals surface area contributed by atoms with Gasteiger partial charge in [-0.3, -0.25) is 10.1 Å². The molecule has 0 radical (unpaired) electrons. The first-order valence-corrected chi connectivity index (χ1v) is 6.93. The van der Waals surface area contributed by atoms with Crippen LogP contribution in [0.5, 0.6) is 0 Å². The normalized spacial score (nSPS) is 25.1. The molecule has 1 aliphatic rings. The van der Waals surface area contributed by atoms with E-state index in [9.17, 15) is 10.1 Å². The molecule has 1 aromatic heterocycles. The zero-order valence-corrected chi connectivity index (χ0v) is 12.0. The van der Waals surface area contributed by atoms with Crippen LogP contribution in [0.4, 0.5) is 11.4 Å². The van der Waals surface area contributed by atoms with Crippen molar-refractivity contribution in [2.45, 2.75) is 31.9 Å². The van der Waals surface area contributed by atoms with Gasteiger partial charge in [0.15, 0.2) is 0 Å². The quantitative estimate of drug-likeness (QED) is 0.693. The highest BCUT2D eigenvalue weighted by atomic mass is 16.6. The van der Waals surface area contributed by atoms with Gasteiger partial charge in [-0.2, -0.15) is 0 Å². The number of aromatic nitrogens is 1. The molecular formula is C15H17N3O3. The maximum absolute atomic E-state index is 11.1. The summed E-state index contributed by atoms with van der Waals surface area (Å²) in [5.41, 5.74) is 1.10. The first-order valence-electron chi connectivity index (χ1n) is 6.93. The van der Waals surface area contributed by atoms with Crippen LogP contribution in [0, 0.1) is 10.1 Å². The Bertz CT molecular complexity index is 704. The monoisotopic (exact) mass is 287 g/mol. The summed E-state index contributed by atoms with van der Waals surface area (Å²) >= 11 is 0. The van der Waals surface area contributed by atoms with Crippen molar-refractivity contribution >= 4 is 22.3 Å². The fraction of sp³-hybridized carbons (Fsp3) is 0.400. The Balaban J connectivity index is 2.08. The summed E-state index contributed by atoms with van der Waals surface area (Å²) in [6, 6.07) is 6.86. The average molecular weight is 287 g/mol. The summed E-state index contributed by atoms with van der Waals surface area (Å²) in [5, 5.41) is 15.4. The number of nitrogens with zero attached hydrogens (tertiary/aromatic N) is 2. The minimum Gasteiger partial charge on any atom is -0.377 e. The van der Waals surface area contributed by atoms with Crippen molar-refractivity contribution in [2.24, 2.45) is 0 Å². The number of pyridine rings is 1. The summed E-state index contributed by atoms with van der Waals surface area (Å²) in [7, 11) is 0. The van der Waals surface area contributed by atoms with Gasteiger partial charge in [-0.1, -0.05) is 12.1 Å². The molecule has 1 N–H and O–H groups in total. The fourth-order valence-electron chi connectivity index (χ4n) is 2.72. The van der Waals surface area contributed by atoms with Crippen LogP contribution in [0.15, 0.2) is 30.5 Å². The van der Waals surface area contributed by atoms with Crippen LogP contribution < -0.4 is 5.32 Å². The highest BCUT2D eigenvalue weighted by Gasteiger charge is 2.37. The van der Waals surface area contributed by atoms with E-state index in [0.717, 1.165) is 17.5 Å². The second-order valence-electron chi connectivity index (χ2n) is 5.59. The van der Waals surface area contributed by atoms with Crippen molar-refractivity contribution in [3.63, 3.8) is 0 Å². The van der Waals surface area contributed by atoms with Gasteiger partial charge in [0.05, 0.1) is 16.6 Å². The standard InChI is InChI=1S/C15H17N3O3/c1-10-15(2,7-9-21-10)17-12-6-8-16-14-11(12)4-3-5-13(14)18(19)20/h3-6,8,10H,7,9H2,1-2H3,(H,16,17). The maximum Gasteiger partial charge on any atom is 0.295 e. The van der Waals surface area contributed by atoms with Crippen molar-refractivity contribution in [1.29, 1.82) is 0 Å². The molecule has 3 rings (SSSR count). The number of non-ortho nitro benzene ring substituents is 1. The number of fused-ring (bicyclic) bond motifs is 1. The van der Waals surface area contributed by atoms with Gasteiger partial charge in [-0.15, -0.1) is 0 Å². The van der Waals surface area contributed by atoms with E-state index in [4.69, 9.17) is 4.74 Å². The van der Waals surface area contributed by atoms with Crippen LogP contribution in [0.1, 0.15) is 20.3 Å². The van der Waals surface area contributed by atoms with E-state index in [1.54, 1.807) is 12.3 Å². The van der Waals surface area contributed by atoms with Crippen LogP contribution in [-0.2, 0) is 4.74 Å².